The van der Waals surface area contributed by atoms with Gasteiger partial charge >= 0.3 is 0 Å². The normalized spacial score (nSPS) is 14.4. The maximum atomic E-state index is 12.4. The lowest BCUT2D eigenvalue weighted by atomic mass is 10.0. The van der Waals surface area contributed by atoms with Crippen LogP contribution in [0.2, 0.25) is 0 Å². The molecule has 0 fully saturated rings. The zero-order valence-corrected chi connectivity index (χ0v) is 15.6. The van der Waals surface area contributed by atoms with Crippen molar-refractivity contribution in [3.05, 3.63) is 56.3 Å². The number of hydrogen-bond acceptors (Lipinski definition) is 4. The predicted molar refractivity (Wildman–Crippen MR) is 99.1 cm³/mol. The van der Waals surface area contributed by atoms with Crippen LogP contribution in [-0.4, -0.2) is 28.5 Å². The lowest BCUT2D eigenvalue weighted by Crippen LogP contribution is -2.36. The Morgan fingerprint density at radius 1 is 1.28 bits per heavy atom. The lowest BCUT2D eigenvalue weighted by molar-refractivity contribution is 0.241. The second kappa shape index (κ2) is 7.40. The zero-order chi connectivity index (χ0) is 18.0. The molecule has 5 heteroatoms. The standard InChI is InChI=1S/C20H27N3O2/c1-5-6-19-21-17-9-10-23(12-16(17)20(24)22-19)11-15-7-8-18(25-4)14(3)13(15)2/h7-8H,5-6,9-12H2,1-4H3,(H,21,22,24). The Morgan fingerprint density at radius 3 is 2.80 bits per heavy atom. The van der Waals surface area contributed by atoms with E-state index in [2.05, 4.69) is 41.7 Å². The molecule has 0 saturated carbocycles. The molecule has 0 amide bonds. The minimum absolute atomic E-state index is 0.0285. The summed E-state index contributed by atoms with van der Waals surface area (Å²) in [6, 6.07) is 4.16. The van der Waals surface area contributed by atoms with E-state index in [9.17, 15) is 4.79 Å². The van der Waals surface area contributed by atoms with Gasteiger partial charge in [-0.15, -0.1) is 0 Å². The molecule has 0 unspecified atom stereocenters. The highest BCUT2D eigenvalue weighted by molar-refractivity contribution is 5.43. The molecule has 1 aromatic carbocycles. The summed E-state index contributed by atoms with van der Waals surface area (Å²) in [6.07, 6.45) is 2.66. The first-order valence-electron chi connectivity index (χ1n) is 8.99. The molecule has 134 valence electrons. The van der Waals surface area contributed by atoms with Crippen LogP contribution >= 0.6 is 0 Å². The molecule has 2 aromatic rings. The summed E-state index contributed by atoms with van der Waals surface area (Å²) >= 11 is 0. The Labute approximate surface area is 149 Å². The van der Waals surface area contributed by atoms with Gasteiger partial charge in [0.2, 0.25) is 0 Å². The maximum Gasteiger partial charge on any atom is 0.255 e. The van der Waals surface area contributed by atoms with Crippen LogP contribution in [0.15, 0.2) is 16.9 Å². The smallest absolute Gasteiger partial charge is 0.255 e. The van der Waals surface area contributed by atoms with E-state index in [4.69, 9.17) is 4.74 Å². The van der Waals surface area contributed by atoms with Gasteiger partial charge in [-0.2, -0.15) is 0 Å². The molecule has 1 aliphatic rings. The predicted octanol–water partition coefficient (Wildman–Crippen LogP) is 2.91. The molecule has 0 saturated heterocycles. The van der Waals surface area contributed by atoms with E-state index in [1.165, 1.54) is 16.7 Å². The molecule has 1 aromatic heterocycles. The molecule has 1 N–H and O–H groups in total. The first-order valence-corrected chi connectivity index (χ1v) is 8.99. The molecule has 5 nitrogen and oxygen atoms in total. The number of rotatable bonds is 5. The summed E-state index contributed by atoms with van der Waals surface area (Å²) in [5.74, 6) is 1.75. The van der Waals surface area contributed by atoms with Crippen molar-refractivity contribution in [2.45, 2.75) is 53.1 Å². The Morgan fingerprint density at radius 2 is 2.08 bits per heavy atom. The third-order valence-corrected chi connectivity index (χ3v) is 5.15. The Kier molecular flexibility index (Phi) is 5.23. The van der Waals surface area contributed by atoms with E-state index < -0.39 is 0 Å². The number of aromatic nitrogens is 2. The molecule has 0 bridgehead atoms. The van der Waals surface area contributed by atoms with E-state index >= 15 is 0 Å². The van der Waals surface area contributed by atoms with Crippen LogP contribution < -0.4 is 10.3 Å². The minimum Gasteiger partial charge on any atom is -0.496 e. The van der Waals surface area contributed by atoms with Crippen LogP contribution in [0.1, 0.15) is 47.1 Å². The van der Waals surface area contributed by atoms with Crippen LogP contribution in [-0.2, 0) is 25.9 Å². The molecule has 1 aliphatic heterocycles. The van der Waals surface area contributed by atoms with Gasteiger partial charge in [0.15, 0.2) is 0 Å². The van der Waals surface area contributed by atoms with Gasteiger partial charge in [0.05, 0.1) is 18.4 Å². The summed E-state index contributed by atoms with van der Waals surface area (Å²) in [7, 11) is 1.70. The number of H-pyrrole nitrogens is 1. The number of aromatic amines is 1. The van der Waals surface area contributed by atoms with Crippen molar-refractivity contribution in [1.82, 2.24) is 14.9 Å². The summed E-state index contributed by atoms with van der Waals surface area (Å²) in [6.45, 7) is 8.75. The number of ether oxygens (including phenoxy) is 1. The average molecular weight is 341 g/mol. The third kappa shape index (κ3) is 3.61. The van der Waals surface area contributed by atoms with Crippen molar-refractivity contribution in [3.63, 3.8) is 0 Å². The Balaban J connectivity index is 1.80. The van der Waals surface area contributed by atoms with E-state index in [-0.39, 0.29) is 5.56 Å². The van der Waals surface area contributed by atoms with Gasteiger partial charge in [-0.3, -0.25) is 9.69 Å². The van der Waals surface area contributed by atoms with Crippen molar-refractivity contribution in [1.29, 1.82) is 0 Å². The first kappa shape index (κ1) is 17.7. The highest BCUT2D eigenvalue weighted by Crippen LogP contribution is 2.26. The summed E-state index contributed by atoms with van der Waals surface area (Å²) in [5.41, 5.74) is 5.56. The van der Waals surface area contributed by atoms with Crippen molar-refractivity contribution >= 4 is 0 Å². The molecule has 25 heavy (non-hydrogen) atoms. The molecular weight excluding hydrogens is 314 g/mol. The largest absolute Gasteiger partial charge is 0.496 e. The van der Waals surface area contributed by atoms with Gasteiger partial charge in [0.25, 0.3) is 5.56 Å². The number of nitrogens with one attached hydrogen (secondary N) is 1. The lowest BCUT2D eigenvalue weighted by Gasteiger charge is -2.28. The SMILES string of the molecule is CCCc1nc2c(c(=O)[nH]1)CN(Cc1ccc(OC)c(C)c1C)CC2. The van der Waals surface area contributed by atoms with E-state index in [1.54, 1.807) is 7.11 Å². The average Bonchev–Trinajstić information content (AvgIpc) is 2.60. The maximum absolute atomic E-state index is 12.4. The highest BCUT2D eigenvalue weighted by atomic mass is 16.5. The summed E-state index contributed by atoms with van der Waals surface area (Å²) in [4.78, 5) is 22.4. The van der Waals surface area contributed by atoms with Crippen molar-refractivity contribution in [2.24, 2.45) is 0 Å². The summed E-state index contributed by atoms with van der Waals surface area (Å²) in [5, 5.41) is 0. The number of hydrogen-bond donors (Lipinski definition) is 1. The fourth-order valence-electron chi connectivity index (χ4n) is 3.51. The highest BCUT2D eigenvalue weighted by Gasteiger charge is 2.22. The number of nitrogens with zero attached hydrogens (tertiary/aromatic N) is 2. The number of methoxy groups -OCH3 is 1. The van der Waals surface area contributed by atoms with Crippen molar-refractivity contribution in [2.75, 3.05) is 13.7 Å². The van der Waals surface area contributed by atoms with Crippen LogP contribution in [0.4, 0.5) is 0 Å². The molecule has 2 heterocycles. The van der Waals surface area contributed by atoms with E-state index in [0.29, 0.717) is 6.54 Å². The van der Waals surface area contributed by atoms with Gasteiger partial charge in [0.1, 0.15) is 11.6 Å². The van der Waals surface area contributed by atoms with Crippen LogP contribution in [0, 0.1) is 13.8 Å². The monoisotopic (exact) mass is 341 g/mol. The van der Waals surface area contributed by atoms with E-state index in [1.807, 2.05) is 6.07 Å². The van der Waals surface area contributed by atoms with Crippen LogP contribution in [0.3, 0.4) is 0 Å². The van der Waals surface area contributed by atoms with Crippen LogP contribution in [0.5, 0.6) is 5.75 Å². The Hall–Kier alpha value is -2.14. The quantitative estimate of drug-likeness (QED) is 0.908. The van der Waals surface area contributed by atoms with Crippen LogP contribution in [0.25, 0.3) is 0 Å². The molecule has 0 aliphatic carbocycles. The van der Waals surface area contributed by atoms with Gasteiger partial charge in [-0.05, 0) is 43.0 Å². The Bertz CT molecular complexity index is 826. The molecule has 0 atom stereocenters. The van der Waals surface area contributed by atoms with Gasteiger partial charge in [-0.1, -0.05) is 13.0 Å². The zero-order valence-electron chi connectivity index (χ0n) is 15.6. The van der Waals surface area contributed by atoms with E-state index in [0.717, 1.165) is 55.2 Å². The van der Waals surface area contributed by atoms with Gasteiger partial charge < -0.3 is 9.72 Å². The summed E-state index contributed by atoms with van der Waals surface area (Å²) < 4.78 is 5.40. The molecule has 0 spiro atoms. The fourth-order valence-corrected chi connectivity index (χ4v) is 3.51. The van der Waals surface area contributed by atoms with Crippen molar-refractivity contribution in [3.8, 4) is 5.75 Å². The van der Waals surface area contributed by atoms with Gasteiger partial charge in [0, 0.05) is 32.5 Å². The number of benzene rings is 1. The fraction of sp³-hybridized carbons (Fsp3) is 0.500. The number of aryl methyl sites for hydroxylation is 1. The topological polar surface area (TPSA) is 58.2 Å². The second-order valence-corrected chi connectivity index (χ2v) is 6.83. The minimum atomic E-state index is 0.0285. The van der Waals surface area contributed by atoms with Gasteiger partial charge in [-0.25, -0.2) is 4.98 Å². The third-order valence-electron chi connectivity index (χ3n) is 5.15. The first-order chi connectivity index (χ1) is 12.0. The molecular formula is C20H27N3O2. The van der Waals surface area contributed by atoms with Crippen molar-refractivity contribution < 1.29 is 4.74 Å². The molecule has 3 rings (SSSR count). The molecule has 0 radical (unpaired) electrons. The number of fused-ring (bicyclic) bond motifs is 1. The second-order valence-electron chi connectivity index (χ2n) is 6.83.